The third-order valence-electron chi connectivity index (χ3n) is 4.17. The molecule has 3 rings (SSSR count). The highest BCUT2D eigenvalue weighted by Gasteiger charge is 2.51. The molecule has 1 N–H and O–H groups in total. The quantitative estimate of drug-likeness (QED) is 0.843. The summed E-state index contributed by atoms with van der Waals surface area (Å²) < 4.78 is 37.8. The minimum atomic E-state index is -4.28. The Morgan fingerprint density at radius 1 is 1.29 bits per heavy atom. The number of nitrogens with zero attached hydrogens (tertiary/aromatic N) is 1. The van der Waals surface area contributed by atoms with E-state index < -0.39 is 17.3 Å². The molecule has 2 nitrogen and oxygen atoms in total. The fourth-order valence-corrected chi connectivity index (χ4v) is 3.79. The van der Waals surface area contributed by atoms with Gasteiger partial charge >= 0.3 is 6.18 Å². The average molecular weight is 317 g/mol. The van der Waals surface area contributed by atoms with Crippen molar-refractivity contribution in [3.63, 3.8) is 0 Å². The lowest BCUT2D eigenvalue weighted by Crippen LogP contribution is -2.63. The number of likely N-dealkylation sites (tertiary alicyclic amines) is 1. The summed E-state index contributed by atoms with van der Waals surface area (Å²) in [6, 6.07) is 5.44. The third-order valence-corrected chi connectivity index (χ3v) is 5.14. The monoisotopic (exact) mass is 317 g/mol. The molecule has 2 fully saturated rings. The van der Waals surface area contributed by atoms with Crippen LogP contribution in [0.25, 0.3) is 0 Å². The second kappa shape index (κ2) is 5.48. The van der Waals surface area contributed by atoms with Crippen LogP contribution in [-0.4, -0.2) is 41.0 Å². The lowest BCUT2D eigenvalue weighted by atomic mass is 9.89. The lowest BCUT2D eigenvalue weighted by molar-refractivity contribution is -0.137. The van der Waals surface area contributed by atoms with Crippen molar-refractivity contribution < 1.29 is 18.3 Å². The minimum Gasteiger partial charge on any atom is -0.387 e. The molecular weight excluding hydrogens is 299 g/mol. The van der Waals surface area contributed by atoms with E-state index in [9.17, 15) is 18.3 Å². The third kappa shape index (κ3) is 3.55. The molecule has 1 heterocycles. The molecular formula is C15H18F3NOS. The summed E-state index contributed by atoms with van der Waals surface area (Å²) in [5, 5.41) is 10.2. The van der Waals surface area contributed by atoms with Crippen molar-refractivity contribution in [3.8, 4) is 0 Å². The van der Waals surface area contributed by atoms with E-state index >= 15 is 0 Å². The average Bonchev–Trinajstić information content (AvgIpc) is 3.20. The molecule has 1 aliphatic carbocycles. The fourth-order valence-electron chi connectivity index (χ4n) is 2.82. The van der Waals surface area contributed by atoms with Crippen LogP contribution < -0.4 is 0 Å². The molecule has 0 atom stereocenters. The number of rotatable bonds is 5. The van der Waals surface area contributed by atoms with Gasteiger partial charge in [0, 0.05) is 30.3 Å². The van der Waals surface area contributed by atoms with Gasteiger partial charge in [0.05, 0.1) is 11.2 Å². The van der Waals surface area contributed by atoms with Crippen LogP contribution in [0.15, 0.2) is 29.2 Å². The molecule has 0 bridgehead atoms. The first-order valence-corrected chi connectivity index (χ1v) is 8.10. The molecule has 1 aliphatic heterocycles. The SMILES string of the molecule is OC1(C2CC2)CN(CCSc2cccc(C(F)(F)F)c2)C1. The molecule has 116 valence electrons. The van der Waals surface area contributed by atoms with Gasteiger partial charge in [-0.3, -0.25) is 4.90 Å². The van der Waals surface area contributed by atoms with Crippen molar-refractivity contribution in [2.24, 2.45) is 5.92 Å². The van der Waals surface area contributed by atoms with Crippen molar-refractivity contribution >= 4 is 11.8 Å². The number of hydrogen-bond acceptors (Lipinski definition) is 3. The Morgan fingerprint density at radius 2 is 2.00 bits per heavy atom. The van der Waals surface area contributed by atoms with Gasteiger partial charge in [0.15, 0.2) is 0 Å². The Morgan fingerprint density at radius 3 is 2.62 bits per heavy atom. The zero-order valence-corrected chi connectivity index (χ0v) is 12.4. The van der Waals surface area contributed by atoms with Crippen LogP contribution in [0.1, 0.15) is 18.4 Å². The number of benzene rings is 1. The number of aliphatic hydroxyl groups is 1. The Labute approximate surface area is 126 Å². The predicted octanol–water partition coefficient (Wildman–Crippen LogP) is 3.25. The first kappa shape index (κ1) is 15.2. The van der Waals surface area contributed by atoms with Gasteiger partial charge in [0.2, 0.25) is 0 Å². The van der Waals surface area contributed by atoms with Crippen LogP contribution in [0.3, 0.4) is 0 Å². The van der Waals surface area contributed by atoms with Gasteiger partial charge < -0.3 is 5.11 Å². The maximum absolute atomic E-state index is 12.6. The standard InChI is InChI=1S/C15H18F3NOS/c16-15(17,18)12-2-1-3-13(8-12)21-7-6-19-9-14(20,10-19)11-4-5-11/h1-3,8,11,20H,4-7,9-10H2. The van der Waals surface area contributed by atoms with Gasteiger partial charge in [-0.05, 0) is 37.0 Å². The van der Waals surface area contributed by atoms with E-state index in [0.717, 1.165) is 31.2 Å². The van der Waals surface area contributed by atoms with Crippen molar-refractivity contribution in [2.75, 3.05) is 25.4 Å². The predicted molar refractivity (Wildman–Crippen MR) is 76.3 cm³/mol. The summed E-state index contributed by atoms with van der Waals surface area (Å²) in [6.07, 6.45) is -2.03. The first-order chi connectivity index (χ1) is 9.87. The largest absolute Gasteiger partial charge is 0.416 e. The van der Waals surface area contributed by atoms with Gasteiger partial charge in [0.25, 0.3) is 0 Å². The van der Waals surface area contributed by atoms with Crippen LogP contribution >= 0.6 is 11.8 Å². The highest BCUT2D eigenvalue weighted by molar-refractivity contribution is 7.99. The van der Waals surface area contributed by atoms with Gasteiger partial charge in [-0.2, -0.15) is 13.2 Å². The van der Waals surface area contributed by atoms with E-state index in [4.69, 9.17) is 0 Å². The van der Waals surface area contributed by atoms with Gasteiger partial charge in [-0.15, -0.1) is 11.8 Å². The molecule has 0 aromatic heterocycles. The number of alkyl halides is 3. The Balaban J connectivity index is 1.44. The molecule has 1 aromatic carbocycles. The molecule has 0 spiro atoms. The van der Waals surface area contributed by atoms with Crippen LogP contribution in [0.4, 0.5) is 13.2 Å². The molecule has 0 radical (unpaired) electrons. The van der Waals surface area contributed by atoms with E-state index in [-0.39, 0.29) is 0 Å². The molecule has 2 aliphatic rings. The van der Waals surface area contributed by atoms with Crippen molar-refractivity contribution in [1.82, 2.24) is 4.90 Å². The van der Waals surface area contributed by atoms with Crippen LogP contribution in [0.2, 0.25) is 0 Å². The van der Waals surface area contributed by atoms with E-state index in [2.05, 4.69) is 4.90 Å². The summed E-state index contributed by atoms with van der Waals surface area (Å²) in [5.41, 5.74) is -1.08. The molecule has 1 saturated carbocycles. The molecule has 21 heavy (non-hydrogen) atoms. The lowest BCUT2D eigenvalue weighted by Gasteiger charge is -2.47. The zero-order valence-electron chi connectivity index (χ0n) is 11.6. The second-order valence-corrected chi connectivity index (χ2v) is 7.13. The van der Waals surface area contributed by atoms with Crippen molar-refractivity contribution in [2.45, 2.75) is 29.5 Å². The van der Waals surface area contributed by atoms with Crippen molar-refractivity contribution in [1.29, 1.82) is 0 Å². The van der Waals surface area contributed by atoms with E-state index in [1.807, 2.05) is 0 Å². The van der Waals surface area contributed by atoms with Crippen LogP contribution in [-0.2, 0) is 6.18 Å². The molecule has 1 saturated heterocycles. The molecule has 1 aromatic rings. The van der Waals surface area contributed by atoms with E-state index in [1.54, 1.807) is 6.07 Å². The number of hydrogen-bond donors (Lipinski definition) is 1. The number of thioether (sulfide) groups is 1. The maximum Gasteiger partial charge on any atom is 0.416 e. The fraction of sp³-hybridized carbons (Fsp3) is 0.600. The van der Waals surface area contributed by atoms with Gasteiger partial charge in [-0.25, -0.2) is 0 Å². The Kier molecular flexibility index (Phi) is 3.96. The Bertz CT molecular complexity index is 510. The second-order valence-electron chi connectivity index (χ2n) is 5.96. The van der Waals surface area contributed by atoms with Crippen LogP contribution in [0.5, 0.6) is 0 Å². The van der Waals surface area contributed by atoms with E-state index in [1.165, 1.54) is 23.9 Å². The summed E-state index contributed by atoms with van der Waals surface area (Å²) in [6.45, 7) is 2.22. The first-order valence-electron chi connectivity index (χ1n) is 7.12. The van der Waals surface area contributed by atoms with Crippen LogP contribution in [0, 0.1) is 5.92 Å². The summed E-state index contributed by atoms with van der Waals surface area (Å²) in [7, 11) is 0. The van der Waals surface area contributed by atoms with E-state index in [0.29, 0.717) is 23.9 Å². The molecule has 0 amide bonds. The van der Waals surface area contributed by atoms with Gasteiger partial charge in [0.1, 0.15) is 0 Å². The highest BCUT2D eigenvalue weighted by Crippen LogP contribution is 2.44. The maximum atomic E-state index is 12.6. The Hall–Kier alpha value is -0.720. The molecule has 0 unspecified atom stereocenters. The number of halogens is 3. The summed E-state index contributed by atoms with van der Waals surface area (Å²) in [5.74, 6) is 1.21. The highest BCUT2D eigenvalue weighted by atomic mass is 32.2. The zero-order chi connectivity index (χ0) is 15.1. The van der Waals surface area contributed by atoms with Crippen molar-refractivity contribution in [3.05, 3.63) is 29.8 Å². The smallest absolute Gasteiger partial charge is 0.387 e. The number of β-amino-alcohol motifs (C(OH)–C–C–N with tert-alkyl or cyclic N) is 1. The van der Waals surface area contributed by atoms with Gasteiger partial charge in [-0.1, -0.05) is 6.07 Å². The normalized spacial score (nSPS) is 22.1. The molecule has 6 heteroatoms. The minimum absolute atomic E-state index is 0.477. The summed E-state index contributed by atoms with van der Waals surface area (Å²) >= 11 is 1.43. The summed E-state index contributed by atoms with van der Waals surface area (Å²) in [4.78, 5) is 2.81. The topological polar surface area (TPSA) is 23.5 Å².